The summed E-state index contributed by atoms with van der Waals surface area (Å²) >= 11 is 6.29. The molecule has 2 bridgehead atoms. The Kier molecular flexibility index (Phi) is 3.62. The van der Waals surface area contributed by atoms with E-state index in [1.165, 1.54) is 32.1 Å². The van der Waals surface area contributed by atoms with Crippen molar-refractivity contribution in [2.75, 3.05) is 19.6 Å². The molecule has 1 nitrogen and oxygen atoms in total. The number of hydrogen-bond acceptors (Lipinski definition) is 1. The second-order valence-electron chi connectivity index (χ2n) is 5.63. The van der Waals surface area contributed by atoms with E-state index < -0.39 is 0 Å². The number of rotatable bonds is 5. The van der Waals surface area contributed by atoms with E-state index in [9.17, 15) is 0 Å². The zero-order valence-corrected chi connectivity index (χ0v) is 10.7. The maximum atomic E-state index is 6.29. The molecule has 0 aromatic rings. The normalized spacial score (nSPS) is 41.0. The SMILES string of the molecule is COCCC(C)C1(CCl)CC2CCC1C2. The lowest BCUT2D eigenvalue weighted by Crippen LogP contribution is -2.37. The van der Waals surface area contributed by atoms with Crippen LogP contribution in [0.15, 0.2) is 0 Å². The predicted octanol–water partition coefficient (Wildman–Crippen LogP) is 3.70. The van der Waals surface area contributed by atoms with Gasteiger partial charge in [0, 0.05) is 19.6 Å². The van der Waals surface area contributed by atoms with E-state index >= 15 is 0 Å². The van der Waals surface area contributed by atoms with Crippen LogP contribution in [0, 0.1) is 23.2 Å². The molecule has 0 aliphatic heterocycles. The average molecular weight is 231 g/mol. The molecule has 2 aliphatic rings. The Balaban J connectivity index is 2.02. The monoisotopic (exact) mass is 230 g/mol. The smallest absolute Gasteiger partial charge is 0.0465 e. The molecule has 2 rings (SSSR count). The average Bonchev–Trinajstić information content (AvgIpc) is 2.85. The van der Waals surface area contributed by atoms with Gasteiger partial charge in [-0.15, -0.1) is 11.6 Å². The number of methoxy groups -OCH3 is 1. The third-order valence-electron chi connectivity index (χ3n) is 5.01. The molecular weight excluding hydrogens is 208 g/mol. The number of halogens is 1. The van der Waals surface area contributed by atoms with Crippen LogP contribution in [0.25, 0.3) is 0 Å². The maximum Gasteiger partial charge on any atom is 0.0465 e. The van der Waals surface area contributed by atoms with Crippen LogP contribution in [-0.2, 0) is 4.74 Å². The molecule has 2 aliphatic carbocycles. The molecule has 0 heterocycles. The summed E-state index contributed by atoms with van der Waals surface area (Å²) in [6.45, 7) is 3.26. The van der Waals surface area contributed by atoms with Gasteiger partial charge in [0.2, 0.25) is 0 Å². The summed E-state index contributed by atoms with van der Waals surface area (Å²) in [7, 11) is 1.79. The van der Waals surface area contributed by atoms with E-state index in [0.717, 1.165) is 30.2 Å². The van der Waals surface area contributed by atoms with Gasteiger partial charge < -0.3 is 4.74 Å². The first kappa shape index (κ1) is 11.7. The zero-order chi connectivity index (χ0) is 10.9. The highest BCUT2D eigenvalue weighted by Gasteiger charge is 2.52. The molecular formula is C13H23ClO. The minimum Gasteiger partial charge on any atom is -0.385 e. The molecule has 0 radical (unpaired) electrons. The van der Waals surface area contributed by atoms with Crippen LogP contribution in [0.4, 0.5) is 0 Å². The molecule has 4 atom stereocenters. The molecule has 88 valence electrons. The summed E-state index contributed by atoms with van der Waals surface area (Å²) in [5.41, 5.74) is 0.447. The highest BCUT2D eigenvalue weighted by Crippen LogP contribution is 2.60. The van der Waals surface area contributed by atoms with E-state index in [4.69, 9.17) is 16.3 Å². The van der Waals surface area contributed by atoms with Gasteiger partial charge in [-0.3, -0.25) is 0 Å². The molecule has 0 aromatic carbocycles. The standard InChI is InChI=1S/C13H23ClO/c1-10(5-6-15-2)13(9-14)8-11-3-4-12(13)7-11/h10-12H,3-9H2,1-2H3. The maximum absolute atomic E-state index is 6.29. The molecule has 0 spiro atoms. The fraction of sp³-hybridized carbons (Fsp3) is 1.00. The lowest BCUT2D eigenvalue weighted by Gasteiger charge is -2.41. The lowest BCUT2D eigenvalue weighted by atomic mass is 9.66. The molecule has 2 fully saturated rings. The summed E-state index contributed by atoms with van der Waals surface area (Å²) in [5, 5.41) is 0. The first-order valence-electron chi connectivity index (χ1n) is 6.28. The summed E-state index contributed by atoms with van der Waals surface area (Å²) in [4.78, 5) is 0. The van der Waals surface area contributed by atoms with E-state index in [2.05, 4.69) is 6.92 Å². The summed E-state index contributed by atoms with van der Waals surface area (Å²) in [6, 6.07) is 0. The van der Waals surface area contributed by atoms with Gasteiger partial charge in [0.05, 0.1) is 0 Å². The van der Waals surface area contributed by atoms with E-state index in [1.54, 1.807) is 7.11 Å². The minimum absolute atomic E-state index is 0.447. The molecule has 0 saturated heterocycles. The Hall–Kier alpha value is 0.250. The summed E-state index contributed by atoms with van der Waals surface area (Å²) in [6.07, 6.45) is 6.89. The van der Waals surface area contributed by atoms with Crippen molar-refractivity contribution in [1.29, 1.82) is 0 Å². The van der Waals surface area contributed by atoms with E-state index in [-0.39, 0.29) is 0 Å². The van der Waals surface area contributed by atoms with Crippen LogP contribution < -0.4 is 0 Å². The van der Waals surface area contributed by atoms with Gasteiger partial charge in [0.1, 0.15) is 0 Å². The van der Waals surface area contributed by atoms with E-state index in [1.807, 2.05) is 0 Å². The number of fused-ring (bicyclic) bond motifs is 2. The first-order chi connectivity index (χ1) is 7.23. The molecule has 4 unspecified atom stereocenters. The topological polar surface area (TPSA) is 9.23 Å². The molecule has 2 heteroatoms. The van der Waals surface area contributed by atoms with Crippen molar-refractivity contribution in [3.8, 4) is 0 Å². The molecule has 0 N–H and O–H groups in total. The van der Waals surface area contributed by atoms with Gasteiger partial charge in [-0.25, -0.2) is 0 Å². The number of hydrogen-bond donors (Lipinski definition) is 0. The Morgan fingerprint density at radius 1 is 1.47 bits per heavy atom. The summed E-state index contributed by atoms with van der Waals surface area (Å²) in [5.74, 6) is 3.48. The fourth-order valence-electron chi connectivity index (χ4n) is 3.97. The molecule has 0 aromatic heterocycles. The second-order valence-corrected chi connectivity index (χ2v) is 5.90. The number of ether oxygens (including phenoxy) is 1. The highest BCUT2D eigenvalue weighted by molar-refractivity contribution is 6.18. The van der Waals surface area contributed by atoms with Gasteiger partial charge in [0.25, 0.3) is 0 Å². The Morgan fingerprint density at radius 3 is 2.73 bits per heavy atom. The van der Waals surface area contributed by atoms with Crippen molar-refractivity contribution in [3.63, 3.8) is 0 Å². The van der Waals surface area contributed by atoms with Crippen molar-refractivity contribution in [1.82, 2.24) is 0 Å². The van der Waals surface area contributed by atoms with Gasteiger partial charge in [-0.1, -0.05) is 13.3 Å². The van der Waals surface area contributed by atoms with Gasteiger partial charge in [-0.2, -0.15) is 0 Å². The van der Waals surface area contributed by atoms with Crippen LogP contribution in [0.2, 0.25) is 0 Å². The molecule has 2 saturated carbocycles. The van der Waals surface area contributed by atoms with Gasteiger partial charge >= 0.3 is 0 Å². The second kappa shape index (κ2) is 4.63. The van der Waals surface area contributed by atoms with Crippen molar-refractivity contribution in [2.24, 2.45) is 23.2 Å². The van der Waals surface area contributed by atoms with Crippen molar-refractivity contribution in [3.05, 3.63) is 0 Å². The van der Waals surface area contributed by atoms with Crippen molar-refractivity contribution in [2.45, 2.75) is 39.0 Å². The quantitative estimate of drug-likeness (QED) is 0.655. The molecule has 15 heavy (non-hydrogen) atoms. The highest BCUT2D eigenvalue weighted by atomic mass is 35.5. The van der Waals surface area contributed by atoms with Crippen molar-refractivity contribution < 1.29 is 4.74 Å². The molecule has 0 amide bonds. The van der Waals surface area contributed by atoms with Crippen LogP contribution in [0.5, 0.6) is 0 Å². The lowest BCUT2D eigenvalue weighted by molar-refractivity contribution is 0.0789. The Labute approximate surface area is 98.5 Å². The fourth-order valence-corrected chi connectivity index (χ4v) is 4.56. The minimum atomic E-state index is 0.447. The van der Waals surface area contributed by atoms with Gasteiger partial charge in [0.15, 0.2) is 0 Å². The number of alkyl halides is 1. The largest absolute Gasteiger partial charge is 0.385 e. The third kappa shape index (κ3) is 1.93. The van der Waals surface area contributed by atoms with E-state index in [0.29, 0.717) is 5.41 Å². The third-order valence-corrected chi connectivity index (χ3v) is 5.51. The Morgan fingerprint density at radius 2 is 2.27 bits per heavy atom. The predicted molar refractivity (Wildman–Crippen MR) is 64.3 cm³/mol. The Bertz CT molecular complexity index is 219. The van der Waals surface area contributed by atoms with Crippen molar-refractivity contribution >= 4 is 11.6 Å². The van der Waals surface area contributed by atoms with Gasteiger partial charge in [-0.05, 0) is 48.9 Å². The zero-order valence-electron chi connectivity index (χ0n) is 9.97. The van der Waals surface area contributed by atoms with Crippen LogP contribution in [0.3, 0.4) is 0 Å². The summed E-state index contributed by atoms with van der Waals surface area (Å²) < 4.78 is 5.20. The van der Waals surface area contributed by atoms with Crippen LogP contribution in [-0.4, -0.2) is 19.6 Å². The van der Waals surface area contributed by atoms with Crippen LogP contribution in [0.1, 0.15) is 39.0 Å². The first-order valence-corrected chi connectivity index (χ1v) is 6.81. The van der Waals surface area contributed by atoms with Crippen LogP contribution >= 0.6 is 11.6 Å².